The molecule has 0 rings (SSSR count). The van der Waals surface area contributed by atoms with E-state index in [1.165, 1.54) is 0 Å². The van der Waals surface area contributed by atoms with E-state index in [2.05, 4.69) is 9.47 Å². The Morgan fingerprint density at radius 3 is 1.44 bits per heavy atom. The highest BCUT2D eigenvalue weighted by Crippen LogP contribution is 2.63. The highest BCUT2D eigenvalue weighted by atomic mass is 127. The fourth-order valence-corrected chi connectivity index (χ4v) is 2.75. The molecule has 3 nitrogen and oxygen atoms in total. The van der Waals surface area contributed by atoms with Crippen LogP contribution in [0, 0.1) is 0 Å². The predicted molar refractivity (Wildman–Crippen MR) is 91.3 cm³/mol. The zero-order valence-corrected chi connectivity index (χ0v) is 19.0. The lowest BCUT2D eigenvalue weighted by Gasteiger charge is -2.42. The second-order valence-electron chi connectivity index (χ2n) is 6.89. The van der Waals surface area contributed by atoms with Crippen molar-refractivity contribution in [3.63, 3.8) is 0 Å². The van der Waals surface area contributed by atoms with Gasteiger partial charge in [0.25, 0.3) is 0 Å². The molecule has 0 amide bonds. The van der Waals surface area contributed by atoms with Gasteiger partial charge in [0.05, 0.1) is 19.8 Å². The van der Waals surface area contributed by atoms with E-state index < -0.39 is 91.0 Å². The summed E-state index contributed by atoms with van der Waals surface area (Å²) >= 11 is 0.631. The monoisotopic (exact) mass is 692 g/mol. The molecule has 0 saturated heterocycles. The summed E-state index contributed by atoms with van der Waals surface area (Å²) in [5.41, 5.74) is 0. The number of hydrogen-bond donors (Lipinski definition) is 1. The number of aliphatic hydroxyl groups is 1. The molecule has 1 unspecified atom stereocenters. The Hall–Kier alpha value is -0.580. The van der Waals surface area contributed by atoms with E-state index in [1.807, 2.05) is 0 Å². The van der Waals surface area contributed by atoms with Crippen LogP contribution >= 0.6 is 22.6 Å². The summed E-state index contributed by atoms with van der Waals surface area (Å²) in [7, 11) is 0. The van der Waals surface area contributed by atoms with E-state index in [0.717, 1.165) is 0 Å². The van der Waals surface area contributed by atoms with Crippen molar-refractivity contribution in [1.82, 2.24) is 0 Å². The maximum atomic E-state index is 13.7. The molecule has 218 valence electrons. The van der Waals surface area contributed by atoms with Crippen molar-refractivity contribution in [3.05, 3.63) is 0 Å². The van der Waals surface area contributed by atoms with Gasteiger partial charge >= 0.3 is 47.8 Å². The first-order valence-electron chi connectivity index (χ1n) is 8.88. The third-order valence-electron chi connectivity index (χ3n) is 4.11. The van der Waals surface area contributed by atoms with Crippen molar-refractivity contribution in [3.8, 4) is 0 Å². The highest BCUT2D eigenvalue weighted by molar-refractivity contribution is 14.1. The van der Waals surface area contributed by atoms with Gasteiger partial charge in [-0.2, -0.15) is 74.6 Å². The molecule has 1 N–H and O–H groups in total. The van der Waals surface area contributed by atoms with Gasteiger partial charge in [0.1, 0.15) is 4.11 Å². The van der Waals surface area contributed by atoms with Crippen LogP contribution in [0.1, 0.15) is 19.3 Å². The largest absolute Gasteiger partial charge is 0.427 e. The topological polar surface area (TPSA) is 38.7 Å². The van der Waals surface area contributed by atoms with Gasteiger partial charge < -0.3 is 9.84 Å². The molecule has 0 aromatic rings. The Morgan fingerprint density at radius 2 is 1.03 bits per heavy atom. The molecule has 1 atom stereocenters. The van der Waals surface area contributed by atoms with Crippen LogP contribution < -0.4 is 0 Å². The quantitative estimate of drug-likeness (QED) is 0.0879. The fourth-order valence-electron chi connectivity index (χ4n) is 2.18. The summed E-state index contributed by atoms with van der Waals surface area (Å²) in [4.78, 5) is 0. The zero-order chi connectivity index (χ0) is 29.2. The van der Waals surface area contributed by atoms with Gasteiger partial charge in [-0.15, -0.1) is 0 Å². The van der Waals surface area contributed by atoms with Crippen LogP contribution in [0.4, 0.5) is 74.6 Å². The molecule has 0 radical (unpaired) electrons. The SMILES string of the molecule is OCCOCC(I)OC(F)(F)C(F)(F)C(F)(F)C(F)(F)C(F)(F)C(F)(F)C(F)(F)CCCC(F)(F)F. The number of halogens is 18. The number of hydrogen-bond acceptors (Lipinski definition) is 3. The maximum absolute atomic E-state index is 13.7. The second kappa shape index (κ2) is 11.3. The normalized spacial score (nSPS) is 16.4. The lowest BCUT2D eigenvalue weighted by atomic mass is 9.89. The summed E-state index contributed by atoms with van der Waals surface area (Å²) in [5, 5.41) is 8.37. The average molecular weight is 692 g/mol. The standard InChI is InChI=1S/C15H14F17IO3/c16-8(17,2-1-3-9(18,19)20)10(21,22)11(23,24)12(25,26)13(27,28)14(29,30)15(31,32)36-7(33)6-35-5-4-34/h7,34H,1-6H2. The smallest absolute Gasteiger partial charge is 0.394 e. The second-order valence-corrected chi connectivity index (χ2v) is 8.28. The minimum absolute atomic E-state index is 0.631. The molecule has 0 aromatic heterocycles. The molecule has 0 heterocycles. The molecule has 0 saturated carbocycles. The minimum Gasteiger partial charge on any atom is -0.394 e. The third-order valence-corrected chi connectivity index (χ3v) is 4.73. The molecule has 0 aromatic carbocycles. The van der Waals surface area contributed by atoms with Crippen LogP contribution in [-0.4, -0.2) is 76.9 Å². The molecule has 21 heteroatoms. The number of alkyl halides is 18. The van der Waals surface area contributed by atoms with Crippen LogP contribution in [0.5, 0.6) is 0 Å². The lowest BCUT2D eigenvalue weighted by molar-refractivity contribution is -0.467. The van der Waals surface area contributed by atoms with Crippen molar-refractivity contribution in [2.75, 3.05) is 19.8 Å². The van der Waals surface area contributed by atoms with Gasteiger partial charge in [0.15, 0.2) is 0 Å². The lowest BCUT2D eigenvalue weighted by Crippen LogP contribution is -2.73. The zero-order valence-electron chi connectivity index (χ0n) is 16.9. The maximum Gasteiger partial charge on any atom is 0.427 e. The Bertz CT molecular complexity index is 710. The Balaban J connectivity index is 6.16. The third kappa shape index (κ3) is 6.89. The van der Waals surface area contributed by atoms with Crippen molar-refractivity contribution in [2.45, 2.75) is 71.2 Å². The van der Waals surface area contributed by atoms with E-state index in [1.54, 1.807) is 0 Å². The molecule has 0 fully saturated rings. The van der Waals surface area contributed by atoms with Crippen molar-refractivity contribution >= 4 is 22.6 Å². The van der Waals surface area contributed by atoms with E-state index in [4.69, 9.17) is 5.11 Å². The average Bonchev–Trinajstić information content (AvgIpc) is 2.65. The first-order chi connectivity index (χ1) is 15.7. The molecule has 0 aliphatic rings. The molecule has 0 aliphatic carbocycles. The van der Waals surface area contributed by atoms with Crippen LogP contribution in [0.3, 0.4) is 0 Å². The summed E-state index contributed by atoms with van der Waals surface area (Å²) < 4.78 is 232. The Kier molecular flexibility index (Phi) is 11.1. The highest BCUT2D eigenvalue weighted by Gasteiger charge is 2.93. The van der Waals surface area contributed by atoms with Gasteiger partial charge in [0.2, 0.25) is 0 Å². The summed E-state index contributed by atoms with van der Waals surface area (Å²) in [6.07, 6.45) is -19.6. The first kappa shape index (κ1) is 35.4. The van der Waals surface area contributed by atoms with Gasteiger partial charge in [-0.1, -0.05) is 0 Å². The van der Waals surface area contributed by atoms with Crippen molar-refractivity contribution in [2.24, 2.45) is 0 Å². The minimum atomic E-state index is -8.36. The van der Waals surface area contributed by atoms with Crippen LogP contribution in [0.2, 0.25) is 0 Å². The number of rotatable bonds is 15. The van der Waals surface area contributed by atoms with E-state index in [0.29, 0.717) is 22.6 Å². The first-order valence-corrected chi connectivity index (χ1v) is 10.1. The van der Waals surface area contributed by atoms with Crippen LogP contribution in [0.25, 0.3) is 0 Å². The van der Waals surface area contributed by atoms with Crippen molar-refractivity contribution < 1.29 is 89.2 Å². The molecule has 0 spiro atoms. The van der Waals surface area contributed by atoms with Gasteiger partial charge in [-0.05, 0) is 29.0 Å². The Labute approximate surface area is 203 Å². The van der Waals surface area contributed by atoms with E-state index in [9.17, 15) is 74.6 Å². The molecule has 0 bridgehead atoms. The summed E-state index contributed by atoms with van der Waals surface area (Å²) in [5.74, 6) is -46.9. The fraction of sp³-hybridized carbons (Fsp3) is 1.00. The number of ether oxygens (including phenoxy) is 2. The van der Waals surface area contributed by atoms with Gasteiger partial charge in [0, 0.05) is 12.8 Å². The predicted octanol–water partition coefficient (Wildman–Crippen LogP) is 6.91. The molecule has 0 aliphatic heterocycles. The Morgan fingerprint density at radius 1 is 0.611 bits per heavy atom. The molecule has 36 heavy (non-hydrogen) atoms. The van der Waals surface area contributed by atoms with Gasteiger partial charge in [-0.3, -0.25) is 4.74 Å². The van der Waals surface area contributed by atoms with E-state index in [-0.39, 0.29) is 0 Å². The van der Waals surface area contributed by atoms with Gasteiger partial charge in [-0.25, -0.2) is 0 Å². The van der Waals surface area contributed by atoms with Crippen LogP contribution in [0.15, 0.2) is 0 Å². The van der Waals surface area contributed by atoms with Crippen LogP contribution in [-0.2, 0) is 9.47 Å². The molecular formula is C15H14F17IO3. The van der Waals surface area contributed by atoms with E-state index >= 15 is 0 Å². The molecular weight excluding hydrogens is 678 g/mol. The summed E-state index contributed by atoms with van der Waals surface area (Å²) in [6, 6.07) is 0. The summed E-state index contributed by atoms with van der Waals surface area (Å²) in [6.45, 7) is -2.67. The number of aliphatic hydroxyl groups excluding tert-OH is 1. The van der Waals surface area contributed by atoms with Crippen molar-refractivity contribution in [1.29, 1.82) is 0 Å².